The van der Waals surface area contributed by atoms with Gasteiger partial charge in [-0.25, -0.2) is 0 Å². The van der Waals surface area contributed by atoms with Crippen molar-refractivity contribution in [2.24, 2.45) is 0 Å². The molecular weight excluding hydrogens is 249 g/mol. The maximum atomic E-state index is 3.46. The number of fused-ring (bicyclic) bond motifs is 1. The fourth-order valence-corrected chi connectivity index (χ4v) is 2.24. The molecule has 11 heavy (non-hydrogen) atoms. The molecule has 1 aliphatic heterocycles. The van der Waals surface area contributed by atoms with Gasteiger partial charge in [0.25, 0.3) is 0 Å². The highest BCUT2D eigenvalue weighted by Gasteiger charge is 2.17. The van der Waals surface area contributed by atoms with Crippen LogP contribution < -0.4 is 5.32 Å². The Morgan fingerprint density at radius 3 is 3.09 bits per heavy atom. The highest BCUT2D eigenvalue weighted by atomic mass is 127. The van der Waals surface area contributed by atoms with Gasteiger partial charge in [-0.15, -0.1) is 0 Å². The molecule has 0 aliphatic carbocycles. The number of hydrogen-bond acceptors (Lipinski definition) is 1. The van der Waals surface area contributed by atoms with Gasteiger partial charge in [-0.1, -0.05) is 12.1 Å². The summed E-state index contributed by atoms with van der Waals surface area (Å²) in [6.45, 7) is 2.22. The van der Waals surface area contributed by atoms with Crippen LogP contribution in [0.15, 0.2) is 18.2 Å². The molecule has 1 aromatic carbocycles. The van der Waals surface area contributed by atoms with E-state index in [-0.39, 0.29) is 0 Å². The summed E-state index contributed by atoms with van der Waals surface area (Å²) in [7, 11) is 0. The quantitative estimate of drug-likeness (QED) is 0.706. The van der Waals surface area contributed by atoms with Crippen LogP contribution in [-0.2, 0) is 6.42 Å². The molecule has 0 amide bonds. The number of para-hydroxylation sites is 1. The van der Waals surface area contributed by atoms with Crippen molar-refractivity contribution in [3.63, 3.8) is 0 Å². The Bertz CT molecular complexity index is 283. The Hall–Kier alpha value is -0.250. The van der Waals surface area contributed by atoms with Crippen molar-refractivity contribution in [1.29, 1.82) is 0 Å². The van der Waals surface area contributed by atoms with E-state index in [0.717, 1.165) is 0 Å². The van der Waals surface area contributed by atoms with E-state index in [2.05, 4.69) is 53.0 Å². The summed E-state index contributed by atoms with van der Waals surface area (Å²) < 4.78 is 1.34. The van der Waals surface area contributed by atoms with E-state index in [1.54, 1.807) is 0 Å². The van der Waals surface area contributed by atoms with E-state index in [0.29, 0.717) is 6.04 Å². The SMILES string of the molecule is CC1Cc2cccc(I)c2N1. The normalized spacial score (nSPS) is 21.1. The van der Waals surface area contributed by atoms with E-state index < -0.39 is 0 Å². The molecule has 1 unspecified atom stereocenters. The summed E-state index contributed by atoms with van der Waals surface area (Å²) in [5.41, 5.74) is 2.81. The molecule has 2 heteroatoms. The van der Waals surface area contributed by atoms with Gasteiger partial charge in [-0.05, 0) is 47.6 Å². The predicted octanol–water partition coefficient (Wildman–Crippen LogP) is 2.65. The minimum atomic E-state index is 0.612. The zero-order valence-electron chi connectivity index (χ0n) is 6.39. The van der Waals surface area contributed by atoms with E-state index >= 15 is 0 Å². The van der Waals surface area contributed by atoms with Crippen molar-refractivity contribution in [3.8, 4) is 0 Å². The van der Waals surface area contributed by atoms with Crippen LogP contribution >= 0.6 is 22.6 Å². The number of anilines is 1. The van der Waals surface area contributed by atoms with E-state index in [1.165, 1.54) is 21.2 Å². The van der Waals surface area contributed by atoms with Gasteiger partial charge in [-0.3, -0.25) is 0 Å². The van der Waals surface area contributed by atoms with Gasteiger partial charge < -0.3 is 5.32 Å². The van der Waals surface area contributed by atoms with Crippen molar-refractivity contribution in [2.45, 2.75) is 19.4 Å². The lowest BCUT2D eigenvalue weighted by Crippen LogP contribution is -2.08. The fourth-order valence-electron chi connectivity index (χ4n) is 1.53. The molecule has 0 aromatic heterocycles. The average molecular weight is 259 g/mol. The minimum absolute atomic E-state index is 0.612. The van der Waals surface area contributed by atoms with Crippen LogP contribution in [0.3, 0.4) is 0 Å². The van der Waals surface area contributed by atoms with Crippen LogP contribution in [0, 0.1) is 3.57 Å². The monoisotopic (exact) mass is 259 g/mol. The lowest BCUT2D eigenvalue weighted by molar-refractivity contribution is 0.839. The third kappa shape index (κ3) is 1.24. The van der Waals surface area contributed by atoms with Crippen LogP contribution in [0.5, 0.6) is 0 Å². The Morgan fingerprint density at radius 1 is 1.55 bits per heavy atom. The summed E-state index contributed by atoms with van der Waals surface area (Å²) in [6, 6.07) is 7.08. The molecule has 0 bridgehead atoms. The first-order valence-electron chi connectivity index (χ1n) is 3.81. The Morgan fingerprint density at radius 2 is 2.36 bits per heavy atom. The molecule has 1 aliphatic rings. The molecule has 1 N–H and O–H groups in total. The lowest BCUT2D eigenvalue weighted by Gasteiger charge is -2.03. The molecule has 0 spiro atoms. The van der Waals surface area contributed by atoms with Gasteiger partial charge in [0.05, 0.1) is 5.69 Å². The van der Waals surface area contributed by atoms with Gasteiger partial charge >= 0.3 is 0 Å². The maximum absolute atomic E-state index is 3.46. The fraction of sp³-hybridized carbons (Fsp3) is 0.333. The number of hydrogen-bond donors (Lipinski definition) is 1. The standard InChI is InChI=1S/C9H10IN/c1-6-5-7-3-2-4-8(10)9(7)11-6/h2-4,6,11H,5H2,1H3. The van der Waals surface area contributed by atoms with Crippen LogP contribution in [-0.4, -0.2) is 6.04 Å². The van der Waals surface area contributed by atoms with Crippen molar-refractivity contribution >= 4 is 28.3 Å². The summed E-state index contributed by atoms with van der Waals surface area (Å²) >= 11 is 2.37. The molecule has 1 nitrogen and oxygen atoms in total. The summed E-state index contributed by atoms with van der Waals surface area (Å²) in [4.78, 5) is 0. The van der Waals surface area contributed by atoms with E-state index in [9.17, 15) is 0 Å². The van der Waals surface area contributed by atoms with Gasteiger partial charge in [0.2, 0.25) is 0 Å². The van der Waals surface area contributed by atoms with Gasteiger partial charge in [0.1, 0.15) is 0 Å². The third-order valence-corrected chi connectivity index (χ3v) is 2.92. The van der Waals surface area contributed by atoms with Crippen LogP contribution in [0.4, 0.5) is 5.69 Å². The first-order chi connectivity index (χ1) is 5.27. The van der Waals surface area contributed by atoms with E-state index in [4.69, 9.17) is 0 Å². The first-order valence-corrected chi connectivity index (χ1v) is 4.89. The highest BCUT2D eigenvalue weighted by molar-refractivity contribution is 14.1. The van der Waals surface area contributed by atoms with Crippen molar-refractivity contribution in [2.75, 3.05) is 5.32 Å². The second kappa shape index (κ2) is 2.66. The molecule has 1 heterocycles. The molecule has 2 rings (SSSR count). The van der Waals surface area contributed by atoms with E-state index in [1.807, 2.05) is 0 Å². The van der Waals surface area contributed by atoms with Gasteiger partial charge in [0, 0.05) is 9.61 Å². The zero-order chi connectivity index (χ0) is 7.84. The number of rotatable bonds is 0. The second-order valence-corrected chi connectivity index (χ2v) is 4.19. The minimum Gasteiger partial charge on any atom is -0.381 e. The Kier molecular flexibility index (Phi) is 1.79. The Balaban J connectivity index is 2.49. The van der Waals surface area contributed by atoms with Crippen LogP contribution in [0.1, 0.15) is 12.5 Å². The van der Waals surface area contributed by atoms with Crippen molar-refractivity contribution < 1.29 is 0 Å². The summed E-state index contributed by atoms with van der Waals surface area (Å²) in [6.07, 6.45) is 1.17. The predicted molar refractivity (Wildman–Crippen MR) is 55.9 cm³/mol. The average Bonchev–Trinajstić information content (AvgIpc) is 2.31. The second-order valence-electron chi connectivity index (χ2n) is 3.02. The molecule has 1 atom stereocenters. The first kappa shape index (κ1) is 7.40. The summed E-state index contributed by atoms with van der Waals surface area (Å²) in [5, 5.41) is 3.46. The van der Waals surface area contributed by atoms with Gasteiger partial charge in [0.15, 0.2) is 0 Å². The zero-order valence-corrected chi connectivity index (χ0v) is 8.55. The molecule has 0 radical (unpaired) electrons. The number of nitrogens with one attached hydrogen (secondary N) is 1. The molecular formula is C9H10IN. The third-order valence-electron chi connectivity index (χ3n) is 2.02. The molecule has 1 aromatic rings. The lowest BCUT2D eigenvalue weighted by atomic mass is 10.1. The van der Waals surface area contributed by atoms with Gasteiger partial charge in [-0.2, -0.15) is 0 Å². The molecule has 0 saturated heterocycles. The van der Waals surface area contributed by atoms with Crippen molar-refractivity contribution in [3.05, 3.63) is 27.3 Å². The topological polar surface area (TPSA) is 12.0 Å². The summed E-state index contributed by atoms with van der Waals surface area (Å²) in [5.74, 6) is 0. The maximum Gasteiger partial charge on any atom is 0.0511 e. The smallest absolute Gasteiger partial charge is 0.0511 e. The number of halogens is 1. The Labute approximate surface area is 80.3 Å². The molecule has 0 fully saturated rings. The highest BCUT2D eigenvalue weighted by Crippen LogP contribution is 2.29. The molecule has 0 saturated carbocycles. The molecule has 58 valence electrons. The van der Waals surface area contributed by atoms with Crippen LogP contribution in [0.25, 0.3) is 0 Å². The van der Waals surface area contributed by atoms with Crippen LogP contribution in [0.2, 0.25) is 0 Å². The van der Waals surface area contributed by atoms with Crippen molar-refractivity contribution in [1.82, 2.24) is 0 Å². The largest absolute Gasteiger partial charge is 0.381 e. The number of benzene rings is 1.